The van der Waals surface area contributed by atoms with E-state index in [1.54, 1.807) is 11.8 Å². The van der Waals surface area contributed by atoms with Crippen LogP contribution >= 0.6 is 24.0 Å². The molecule has 0 amide bonds. The summed E-state index contributed by atoms with van der Waals surface area (Å²) in [5.41, 5.74) is 0.497. The van der Waals surface area contributed by atoms with E-state index in [-0.39, 0.29) is 0 Å². The van der Waals surface area contributed by atoms with Crippen LogP contribution in [0.3, 0.4) is 0 Å². The smallest absolute Gasteiger partial charge is 0.137 e. The van der Waals surface area contributed by atoms with Crippen molar-refractivity contribution in [3.63, 3.8) is 0 Å². The highest BCUT2D eigenvalue weighted by Crippen LogP contribution is 2.18. The highest BCUT2D eigenvalue weighted by molar-refractivity contribution is 8.23. The highest BCUT2D eigenvalue weighted by Gasteiger charge is 2.19. The third-order valence-corrected chi connectivity index (χ3v) is 4.22. The molecule has 1 aromatic rings. The van der Waals surface area contributed by atoms with E-state index in [1.807, 2.05) is 11.9 Å². The molecule has 6 heteroatoms. The zero-order valence-corrected chi connectivity index (χ0v) is 11.7. The zero-order valence-electron chi connectivity index (χ0n) is 10.0. The van der Waals surface area contributed by atoms with Gasteiger partial charge in [-0.3, -0.25) is 4.90 Å². The Kier molecular flexibility index (Phi) is 4.53. The molecule has 1 heterocycles. The molecular weight excluding hydrogens is 274 g/mol. The quantitative estimate of drug-likeness (QED) is 0.786. The molecule has 0 N–H and O–H groups in total. The van der Waals surface area contributed by atoms with E-state index in [0.717, 1.165) is 22.7 Å². The van der Waals surface area contributed by atoms with Gasteiger partial charge in [-0.1, -0.05) is 30.0 Å². The monoisotopic (exact) mass is 288 g/mol. The van der Waals surface area contributed by atoms with Crippen LogP contribution in [0.5, 0.6) is 0 Å². The average Bonchev–Trinajstić information content (AvgIpc) is 2.69. The van der Waals surface area contributed by atoms with Gasteiger partial charge in [0, 0.05) is 30.5 Å². The zero-order chi connectivity index (χ0) is 13.1. The fourth-order valence-electron chi connectivity index (χ4n) is 1.84. The van der Waals surface area contributed by atoms with E-state index < -0.39 is 11.6 Å². The van der Waals surface area contributed by atoms with Crippen LogP contribution in [0.1, 0.15) is 5.56 Å². The van der Waals surface area contributed by atoms with E-state index in [1.165, 1.54) is 12.1 Å². The second-order valence-corrected chi connectivity index (χ2v) is 6.00. The molecule has 0 aromatic heterocycles. The van der Waals surface area contributed by atoms with Crippen LogP contribution in [-0.2, 0) is 6.54 Å². The summed E-state index contributed by atoms with van der Waals surface area (Å²) in [7, 11) is 1.90. The summed E-state index contributed by atoms with van der Waals surface area (Å²) in [5.74, 6) is -0.0337. The van der Waals surface area contributed by atoms with Crippen molar-refractivity contribution in [2.75, 3.05) is 26.0 Å². The normalized spacial score (nSPS) is 15.8. The molecule has 0 aliphatic carbocycles. The number of hydrogen-bond acceptors (Lipinski definition) is 3. The summed E-state index contributed by atoms with van der Waals surface area (Å²) in [6.45, 7) is 2.04. The molecule has 18 heavy (non-hydrogen) atoms. The van der Waals surface area contributed by atoms with Gasteiger partial charge in [-0.05, 0) is 13.1 Å². The van der Waals surface area contributed by atoms with Crippen LogP contribution in [0, 0.1) is 11.6 Å². The number of thiocarbonyl (C=S) groups is 1. The van der Waals surface area contributed by atoms with Crippen LogP contribution in [-0.4, -0.2) is 40.1 Å². The number of halogens is 2. The lowest BCUT2D eigenvalue weighted by molar-refractivity contribution is 0.226. The van der Waals surface area contributed by atoms with Crippen LogP contribution in [0.25, 0.3) is 0 Å². The standard InChI is InChI=1S/C12H14F2N2S2/c1-15(8-16-4-5-18-12(16)17)7-9-2-3-10(13)6-11(9)14/h2-3,6H,4-5,7-8H2,1H3. The fraction of sp³-hybridized carbons (Fsp3) is 0.417. The largest absolute Gasteiger partial charge is 0.344 e. The van der Waals surface area contributed by atoms with Crippen molar-refractivity contribution in [2.24, 2.45) is 0 Å². The fourth-order valence-corrected chi connectivity index (χ4v) is 3.05. The summed E-state index contributed by atoms with van der Waals surface area (Å²) >= 11 is 6.87. The van der Waals surface area contributed by atoms with Crippen LogP contribution in [0.15, 0.2) is 18.2 Å². The SMILES string of the molecule is CN(Cc1ccc(F)cc1F)CN1CCSC1=S. The highest BCUT2D eigenvalue weighted by atomic mass is 32.2. The summed E-state index contributed by atoms with van der Waals surface area (Å²) in [5, 5.41) is 0. The summed E-state index contributed by atoms with van der Waals surface area (Å²) in [6, 6.07) is 3.68. The Morgan fingerprint density at radius 3 is 2.83 bits per heavy atom. The molecule has 98 valence electrons. The second-order valence-electron chi connectivity index (χ2n) is 4.27. The topological polar surface area (TPSA) is 6.48 Å². The van der Waals surface area contributed by atoms with Crippen molar-refractivity contribution >= 4 is 28.3 Å². The second kappa shape index (κ2) is 5.95. The Bertz CT molecular complexity index is 454. The molecule has 0 radical (unpaired) electrons. The van der Waals surface area contributed by atoms with Gasteiger partial charge < -0.3 is 4.90 Å². The Labute approximate surface area is 115 Å². The summed E-state index contributed by atoms with van der Waals surface area (Å²) in [6.07, 6.45) is 0. The third-order valence-electron chi connectivity index (χ3n) is 2.71. The molecule has 0 atom stereocenters. The minimum absolute atomic E-state index is 0.440. The molecule has 1 fully saturated rings. The first-order chi connectivity index (χ1) is 8.56. The lowest BCUT2D eigenvalue weighted by Gasteiger charge is -2.25. The summed E-state index contributed by atoms with van der Waals surface area (Å²) < 4.78 is 27.2. The molecular formula is C12H14F2N2S2. The molecule has 1 aromatic carbocycles. The molecule has 2 nitrogen and oxygen atoms in total. The predicted octanol–water partition coefficient (Wildman–Crippen LogP) is 2.69. The number of thioether (sulfide) groups is 1. The number of benzene rings is 1. The maximum Gasteiger partial charge on any atom is 0.137 e. The first-order valence-corrected chi connectivity index (χ1v) is 7.00. The van der Waals surface area contributed by atoms with Gasteiger partial charge >= 0.3 is 0 Å². The molecule has 0 unspecified atom stereocenters. The average molecular weight is 288 g/mol. The number of rotatable bonds is 4. The third kappa shape index (κ3) is 3.40. The first kappa shape index (κ1) is 13.7. The van der Waals surface area contributed by atoms with Crippen molar-refractivity contribution in [3.8, 4) is 0 Å². The molecule has 0 saturated carbocycles. The molecule has 1 saturated heterocycles. The van der Waals surface area contributed by atoms with Gasteiger partial charge in [0.05, 0.1) is 6.67 Å². The van der Waals surface area contributed by atoms with E-state index in [9.17, 15) is 8.78 Å². The maximum absolute atomic E-state index is 13.5. The van der Waals surface area contributed by atoms with Crippen molar-refractivity contribution in [2.45, 2.75) is 6.54 Å². The molecule has 0 bridgehead atoms. The lowest BCUT2D eigenvalue weighted by atomic mass is 10.2. The van der Waals surface area contributed by atoms with Gasteiger partial charge in [0.2, 0.25) is 0 Å². The Hall–Kier alpha value is -0.720. The minimum atomic E-state index is -0.545. The predicted molar refractivity (Wildman–Crippen MR) is 74.5 cm³/mol. The van der Waals surface area contributed by atoms with Crippen LogP contribution in [0.2, 0.25) is 0 Å². The molecule has 1 aliphatic rings. The van der Waals surface area contributed by atoms with Gasteiger partial charge in [-0.15, -0.1) is 0 Å². The van der Waals surface area contributed by atoms with Crippen molar-refractivity contribution in [1.29, 1.82) is 0 Å². The van der Waals surface area contributed by atoms with Gasteiger partial charge in [-0.2, -0.15) is 0 Å². The lowest BCUT2D eigenvalue weighted by Crippen LogP contribution is -2.35. The van der Waals surface area contributed by atoms with Crippen molar-refractivity contribution in [3.05, 3.63) is 35.4 Å². The molecule has 1 aliphatic heterocycles. The minimum Gasteiger partial charge on any atom is -0.344 e. The van der Waals surface area contributed by atoms with E-state index in [2.05, 4.69) is 4.90 Å². The van der Waals surface area contributed by atoms with Crippen molar-refractivity contribution < 1.29 is 8.78 Å². The van der Waals surface area contributed by atoms with Gasteiger partial charge in [-0.25, -0.2) is 8.78 Å². The first-order valence-electron chi connectivity index (χ1n) is 5.60. The van der Waals surface area contributed by atoms with E-state index in [4.69, 9.17) is 12.2 Å². The van der Waals surface area contributed by atoms with E-state index >= 15 is 0 Å². The van der Waals surface area contributed by atoms with Gasteiger partial charge in [0.1, 0.15) is 16.0 Å². The number of hydrogen-bond donors (Lipinski definition) is 0. The van der Waals surface area contributed by atoms with Gasteiger partial charge in [0.15, 0.2) is 0 Å². The van der Waals surface area contributed by atoms with Crippen LogP contribution in [0.4, 0.5) is 8.78 Å². The molecule has 2 rings (SSSR count). The van der Waals surface area contributed by atoms with Crippen LogP contribution < -0.4 is 0 Å². The Balaban J connectivity index is 1.94. The summed E-state index contributed by atoms with van der Waals surface area (Å²) in [4.78, 5) is 4.05. The van der Waals surface area contributed by atoms with Crippen molar-refractivity contribution in [1.82, 2.24) is 9.80 Å². The number of nitrogens with zero attached hydrogens (tertiary/aromatic N) is 2. The Morgan fingerprint density at radius 1 is 1.44 bits per heavy atom. The maximum atomic E-state index is 13.5. The van der Waals surface area contributed by atoms with E-state index in [0.29, 0.717) is 18.8 Å². The Morgan fingerprint density at radius 2 is 2.22 bits per heavy atom. The molecule has 0 spiro atoms. The van der Waals surface area contributed by atoms with Gasteiger partial charge in [0.25, 0.3) is 0 Å².